The fraction of sp³-hybridized carbons (Fsp3) is 0.440. The number of benzene rings is 1. The maximum Gasteiger partial charge on any atom is 0.320 e. The number of pyridine rings is 1. The standard InChI is InChI=1S/C25H34N8O3/c1-16(2)33(30-27)23(26)20-7-6-8-22(28-20)29-24(34)19-13-18-15-32(25(35)31-10-4-5-11-31)12-9-17(18)14-21(19)36-3/h6-8,13-14,16,26,30H,4-5,9-12,15,27H2,1-3H3,(H,28,29,34). The number of fused-ring (bicyclic) bond motifs is 1. The zero-order valence-corrected chi connectivity index (χ0v) is 21.0. The Balaban J connectivity index is 1.53. The molecule has 3 heterocycles. The van der Waals surface area contributed by atoms with E-state index in [0.717, 1.165) is 37.1 Å². The molecule has 0 spiro atoms. The highest BCUT2D eigenvalue weighted by Crippen LogP contribution is 2.29. The minimum Gasteiger partial charge on any atom is -0.496 e. The van der Waals surface area contributed by atoms with Crippen LogP contribution >= 0.6 is 0 Å². The molecule has 2 aliphatic heterocycles. The van der Waals surface area contributed by atoms with Gasteiger partial charge in [0.05, 0.1) is 12.7 Å². The predicted molar refractivity (Wildman–Crippen MR) is 137 cm³/mol. The van der Waals surface area contributed by atoms with Crippen LogP contribution in [0.4, 0.5) is 10.6 Å². The highest BCUT2D eigenvalue weighted by atomic mass is 16.5. The number of ether oxygens (including phenoxy) is 1. The molecule has 36 heavy (non-hydrogen) atoms. The third-order valence-electron chi connectivity index (χ3n) is 6.56. The van der Waals surface area contributed by atoms with Crippen LogP contribution in [0.1, 0.15) is 53.9 Å². The van der Waals surface area contributed by atoms with Crippen LogP contribution in [-0.4, -0.2) is 70.4 Å². The van der Waals surface area contributed by atoms with Crippen molar-refractivity contribution in [1.82, 2.24) is 25.3 Å². The van der Waals surface area contributed by atoms with Crippen LogP contribution in [0.3, 0.4) is 0 Å². The summed E-state index contributed by atoms with van der Waals surface area (Å²) in [6.45, 7) is 6.49. The highest BCUT2D eigenvalue weighted by Gasteiger charge is 2.28. The highest BCUT2D eigenvalue weighted by molar-refractivity contribution is 6.06. The molecular formula is C25H34N8O3. The Bertz CT molecular complexity index is 1150. The van der Waals surface area contributed by atoms with Gasteiger partial charge in [-0.25, -0.2) is 9.78 Å². The molecule has 0 atom stereocenters. The molecule has 4 rings (SSSR count). The fourth-order valence-corrected chi connectivity index (χ4v) is 4.62. The molecule has 0 unspecified atom stereocenters. The van der Waals surface area contributed by atoms with E-state index in [9.17, 15) is 9.59 Å². The molecule has 0 bridgehead atoms. The smallest absolute Gasteiger partial charge is 0.320 e. The topological polar surface area (TPSA) is 140 Å². The summed E-state index contributed by atoms with van der Waals surface area (Å²) < 4.78 is 5.53. The summed E-state index contributed by atoms with van der Waals surface area (Å²) in [5, 5.41) is 12.7. The number of anilines is 1. The third-order valence-corrected chi connectivity index (χ3v) is 6.56. The molecule has 192 valence electrons. The number of nitrogens with zero attached hydrogens (tertiary/aromatic N) is 4. The van der Waals surface area contributed by atoms with Crippen LogP contribution in [0.25, 0.3) is 0 Å². The third kappa shape index (κ3) is 5.26. The Kier molecular flexibility index (Phi) is 7.70. The van der Waals surface area contributed by atoms with Crippen molar-refractivity contribution in [2.75, 3.05) is 32.1 Å². The number of urea groups is 1. The number of nitrogens with two attached hydrogens (primary N) is 1. The van der Waals surface area contributed by atoms with Crippen molar-refractivity contribution in [1.29, 1.82) is 5.41 Å². The van der Waals surface area contributed by atoms with E-state index >= 15 is 0 Å². The van der Waals surface area contributed by atoms with Crippen molar-refractivity contribution in [3.63, 3.8) is 0 Å². The number of nitrogens with one attached hydrogen (secondary N) is 3. The number of amidine groups is 1. The maximum atomic E-state index is 13.3. The lowest BCUT2D eigenvalue weighted by Crippen LogP contribution is -2.51. The van der Waals surface area contributed by atoms with Gasteiger partial charge in [-0.15, -0.1) is 0 Å². The zero-order valence-electron chi connectivity index (χ0n) is 21.0. The first kappa shape index (κ1) is 25.4. The van der Waals surface area contributed by atoms with E-state index in [-0.39, 0.29) is 23.8 Å². The van der Waals surface area contributed by atoms with Crippen LogP contribution in [0.5, 0.6) is 5.75 Å². The van der Waals surface area contributed by atoms with Crippen LogP contribution in [0, 0.1) is 5.41 Å². The van der Waals surface area contributed by atoms with Gasteiger partial charge in [0.25, 0.3) is 5.91 Å². The van der Waals surface area contributed by atoms with Gasteiger partial charge in [-0.1, -0.05) is 6.07 Å². The summed E-state index contributed by atoms with van der Waals surface area (Å²) >= 11 is 0. The second kappa shape index (κ2) is 10.9. The van der Waals surface area contributed by atoms with Crippen molar-refractivity contribution in [3.05, 3.63) is 52.7 Å². The predicted octanol–water partition coefficient (Wildman–Crippen LogP) is 2.33. The number of hydrogen-bond donors (Lipinski definition) is 4. The lowest BCUT2D eigenvalue weighted by Gasteiger charge is -2.32. The molecule has 0 saturated carbocycles. The van der Waals surface area contributed by atoms with Crippen LogP contribution < -0.4 is 21.4 Å². The van der Waals surface area contributed by atoms with Crippen molar-refractivity contribution in [2.24, 2.45) is 5.84 Å². The lowest BCUT2D eigenvalue weighted by molar-refractivity contribution is 0.102. The average Bonchev–Trinajstić information content (AvgIpc) is 3.42. The first-order chi connectivity index (χ1) is 17.3. The SMILES string of the molecule is COc1cc2c(cc1C(=O)Nc1cccc(C(=N)N(NN)C(C)C)n1)CN(C(=O)N1CCCC1)CC2. The van der Waals surface area contributed by atoms with Crippen molar-refractivity contribution in [2.45, 2.75) is 45.7 Å². The first-order valence-corrected chi connectivity index (χ1v) is 12.2. The van der Waals surface area contributed by atoms with Gasteiger partial charge in [-0.3, -0.25) is 21.1 Å². The van der Waals surface area contributed by atoms with Gasteiger partial charge in [-0.05, 0) is 68.5 Å². The van der Waals surface area contributed by atoms with E-state index in [4.69, 9.17) is 16.0 Å². The Hall–Kier alpha value is -3.70. The van der Waals surface area contributed by atoms with Gasteiger partial charge in [-0.2, -0.15) is 5.53 Å². The number of hydrazine groups is 2. The number of carbonyl (C=O) groups excluding carboxylic acids is 2. The summed E-state index contributed by atoms with van der Waals surface area (Å²) in [5.74, 6) is 6.02. The van der Waals surface area contributed by atoms with E-state index < -0.39 is 0 Å². The molecule has 1 saturated heterocycles. The summed E-state index contributed by atoms with van der Waals surface area (Å²) in [6, 6.07) is 8.73. The van der Waals surface area contributed by atoms with Crippen molar-refractivity contribution in [3.8, 4) is 5.75 Å². The molecule has 2 aliphatic rings. The first-order valence-electron chi connectivity index (χ1n) is 12.2. The molecule has 3 amide bonds. The normalized spacial score (nSPS) is 15.0. The van der Waals surface area contributed by atoms with Crippen molar-refractivity contribution >= 4 is 23.6 Å². The maximum absolute atomic E-state index is 13.3. The summed E-state index contributed by atoms with van der Waals surface area (Å²) in [4.78, 5) is 34.3. The number of carbonyl (C=O) groups is 2. The largest absolute Gasteiger partial charge is 0.496 e. The second-order valence-corrected chi connectivity index (χ2v) is 9.27. The molecule has 2 aromatic rings. The number of methoxy groups -OCH3 is 1. The van der Waals surface area contributed by atoms with Gasteiger partial charge in [0.1, 0.15) is 17.3 Å². The molecule has 5 N–H and O–H groups in total. The quantitative estimate of drug-likeness (QED) is 0.209. The molecule has 1 fully saturated rings. The number of aromatic nitrogens is 1. The lowest BCUT2D eigenvalue weighted by atomic mass is 9.96. The summed E-state index contributed by atoms with van der Waals surface area (Å²) in [7, 11) is 1.53. The van der Waals surface area contributed by atoms with Gasteiger partial charge in [0.2, 0.25) is 0 Å². The van der Waals surface area contributed by atoms with Crippen LogP contribution in [-0.2, 0) is 13.0 Å². The molecule has 0 aliphatic carbocycles. The Morgan fingerprint density at radius 3 is 2.56 bits per heavy atom. The molecule has 1 aromatic heterocycles. The second-order valence-electron chi connectivity index (χ2n) is 9.27. The monoisotopic (exact) mass is 494 g/mol. The van der Waals surface area contributed by atoms with E-state index in [2.05, 4.69) is 15.8 Å². The van der Waals surface area contributed by atoms with Gasteiger partial charge in [0.15, 0.2) is 5.84 Å². The van der Waals surface area contributed by atoms with Crippen molar-refractivity contribution < 1.29 is 14.3 Å². The fourth-order valence-electron chi connectivity index (χ4n) is 4.62. The average molecular weight is 495 g/mol. The summed E-state index contributed by atoms with van der Waals surface area (Å²) in [5.41, 5.74) is 5.22. The minimum absolute atomic E-state index is 0.0610. The van der Waals surface area contributed by atoms with E-state index in [1.165, 1.54) is 12.1 Å². The zero-order chi connectivity index (χ0) is 25.8. The van der Waals surface area contributed by atoms with E-state index in [1.807, 2.05) is 29.7 Å². The van der Waals surface area contributed by atoms with Gasteiger partial charge >= 0.3 is 6.03 Å². The molecule has 11 nitrogen and oxygen atoms in total. The Labute approximate surface area is 211 Å². The van der Waals surface area contributed by atoms with Crippen LogP contribution in [0.15, 0.2) is 30.3 Å². The van der Waals surface area contributed by atoms with E-state index in [1.54, 1.807) is 24.3 Å². The number of amides is 3. The molecule has 0 radical (unpaired) electrons. The number of rotatable bonds is 6. The van der Waals surface area contributed by atoms with E-state index in [0.29, 0.717) is 42.3 Å². The number of likely N-dealkylation sites (tertiary alicyclic amines) is 1. The van der Waals surface area contributed by atoms with Gasteiger partial charge < -0.3 is 19.9 Å². The van der Waals surface area contributed by atoms with Gasteiger partial charge in [0, 0.05) is 32.2 Å². The Morgan fingerprint density at radius 1 is 1.14 bits per heavy atom. The summed E-state index contributed by atoms with van der Waals surface area (Å²) in [6.07, 6.45) is 2.80. The molecule has 11 heteroatoms. The minimum atomic E-state index is -0.383. The number of hydrogen-bond acceptors (Lipinski definition) is 7. The Morgan fingerprint density at radius 2 is 1.89 bits per heavy atom. The molecular weight excluding hydrogens is 460 g/mol. The molecule has 1 aromatic carbocycles. The van der Waals surface area contributed by atoms with Crippen LogP contribution in [0.2, 0.25) is 0 Å².